The number of para-hydroxylation sites is 2. The van der Waals surface area contributed by atoms with E-state index < -0.39 is 7.92 Å². The van der Waals surface area contributed by atoms with Crippen LogP contribution < -0.4 is 10.9 Å². The van der Waals surface area contributed by atoms with Crippen LogP contribution in [0.4, 0.5) is 0 Å². The Labute approximate surface area is 351 Å². The van der Waals surface area contributed by atoms with Crippen LogP contribution in [0.5, 0.6) is 0 Å². The summed E-state index contributed by atoms with van der Waals surface area (Å²) in [5.74, 6) is 6.02. The number of aromatic nitrogens is 2. The third kappa shape index (κ3) is 6.73. The summed E-state index contributed by atoms with van der Waals surface area (Å²) in [5, 5.41) is 3.63. The average molecular weight is 805 g/mol. The minimum Gasteiger partial charge on any atom is -0.248 e. The van der Waals surface area contributed by atoms with Gasteiger partial charge in [0.15, 0.2) is 0 Å². The number of fused-ring (bicyclic) bond motifs is 2. The maximum atomic E-state index is 5.49. The van der Waals surface area contributed by atoms with Crippen LogP contribution in [0.3, 0.4) is 0 Å². The molecule has 0 amide bonds. The van der Waals surface area contributed by atoms with Gasteiger partial charge in [-0.3, -0.25) is 0 Å². The van der Waals surface area contributed by atoms with E-state index in [9.17, 15) is 0 Å². The van der Waals surface area contributed by atoms with E-state index in [0.29, 0.717) is 10.3 Å². The minimum atomic E-state index is -0.870. The molecule has 0 N–H and O–H groups in total. The molecule has 3 aromatic carbocycles. The van der Waals surface area contributed by atoms with Crippen LogP contribution in [-0.4, -0.2) is 20.3 Å². The molecular weight excluding hydrogens is 739 g/mol. The molecule has 0 radical (unpaired) electrons. The van der Waals surface area contributed by atoms with Crippen molar-refractivity contribution in [1.82, 2.24) is 9.97 Å². The van der Waals surface area contributed by atoms with Crippen molar-refractivity contribution in [1.29, 1.82) is 0 Å². The predicted octanol–water partition coefficient (Wildman–Crippen LogP) is 13.9. The summed E-state index contributed by atoms with van der Waals surface area (Å²) in [6, 6.07) is 32.3. The molecule has 8 fully saturated rings. The van der Waals surface area contributed by atoms with Gasteiger partial charge in [-0.2, -0.15) is 0 Å². The first kappa shape index (κ1) is 38.3. The fourth-order valence-electron chi connectivity index (χ4n) is 14.9. The van der Waals surface area contributed by atoms with Gasteiger partial charge in [0.2, 0.25) is 0 Å². The summed E-state index contributed by atoms with van der Waals surface area (Å²) in [5.41, 5.74) is 11.2. The number of hydrogen-bond donors (Lipinski definition) is 0. The van der Waals surface area contributed by atoms with Crippen molar-refractivity contribution < 1.29 is 0 Å². The lowest BCUT2D eigenvalue weighted by atomic mass is 9.55. The molecule has 8 aliphatic carbocycles. The van der Waals surface area contributed by atoms with Gasteiger partial charge in [-0.25, -0.2) is 9.97 Å². The SMILES string of the molecule is CC(C)(C)c1cc(CP(c2ccc3ccccc3n2)c2ccc3ccccc3n2)c(CP(C23CC4CC(CC(C4)C2)C3)C23CC4CC(CC(C4)C2)C3)cc1C(C)(C)C. The molecule has 4 heteroatoms. The summed E-state index contributed by atoms with van der Waals surface area (Å²) in [7, 11) is -1.06. The highest BCUT2D eigenvalue weighted by Crippen LogP contribution is 2.80. The Morgan fingerprint density at radius 3 is 1.22 bits per heavy atom. The molecule has 0 unspecified atom stereocenters. The molecule has 0 spiro atoms. The lowest BCUT2D eigenvalue weighted by molar-refractivity contribution is 0.0184. The number of nitrogens with zero attached hydrogens (tertiary/aromatic N) is 2. The van der Waals surface area contributed by atoms with Gasteiger partial charge in [0.25, 0.3) is 0 Å². The first-order valence-corrected chi connectivity index (χ1v) is 26.3. The fourth-order valence-corrected chi connectivity index (χ4v) is 22.2. The molecule has 8 bridgehead atoms. The van der Waals surface area contributed by atoms with Gasteiger partial charge in [0.05, 0.1) is 21.9 Å². The molecule has 2 heterocycles. The van der Waals surface area contributed by atoms with Crippen molar-refractivity contribution in [3.05, 3.63) is 107 Å². The van der Waals surface area contributed by atoms with E-state index in [1.807, 2.05) is 0 Å². The summed E-state index contributed by atoms with van der Waals surface area (Å²) < 4.78 is 0. The molecule has 5 aromatic rings. The smallest absolute Gasteiger partial charge is 0.0709 e. The third-order valence-electron chi connectivity index (χ3n) is 16.5. The summed E-state index contributed by atoms with van der Waals surface area (Å²) in [4.78, 5) is 11.0. The van der Waals surface area contributed by atoms with Crippen molar-refractivity contribution in [2.45, 2.75) is 152 Å². The van der Waals surface area contributed by atoms with Crippen molar-refractivity contribution >= 4 is 48.5 Å². The largest absolute Gasteiger partial charge is 0.248 e. The van der Waals surface area contributed by atoms with E-state index in [1.54, 1.807) is 99.3 Å². The van der Waals surface area contributed by atoms with Crippen LogP contribution in [-0.2, 0) is 23.2 Å². The van der Waals surface area contributed by atoms with E-state index in [1.165, 1.54) is 27.8 Å². The van der Waals surface area contributed by atoms with Crippen molar-refractivity contribution in [3.8, 4) is 0 Å². The van der Waals surface area contributed by atoms with E-state index >= 15 is 0 Å². The molecule has 0 atom stereocenters. The quantitative estimate of drug-likeness (QED) is 0.146. The van der Waals surface area contributed by atoms with Crippen LogP contribution in [0, 0.1) is 35.5 Å². The molecule has 13 rings (SSSR count). The van der Waals surface area contributed by atoms with Gasteiger partial charge in [-0.1, -0.05) is 110 Å². The summed E-state index contributed by atoms with van der Waals surface area (Å²) >= 11 is 0. The van der Waals surface area contributed by atoms with E-state index in [4.69, 9.17) is 9.97 Å². The van der Waals surface area contributed by atoms with Gasteiger partial charge in [-0.05, 0) is 186 Å². The summed E-state index contributed by atoms with van der Waals surface area (Å²) in [6.07, 6.45) is 21.0. The van der Waals surface area contributed by atoms with Crippen LogP contribution in [0.2, 0.25) is 0 Å². The first-order chi connectivity index (χ1) is 27.8. The maximum Gasteiger partial charge on any atom is 0.0709 e. The van der Waals surface area contributed by atoms with Crippen molar-refractivity contribution in [2.24, 2.45) is 35.5 Å². The van der Waals surface area contributed by atoms with Gasteiger partial charge >= 0.3 is 0 Å². The molecule has 0 saturated heterocycles. The molecule has 58 heavy (non-hydrogen) atoms. The zero-order valence-corrected chi connectivity index (χ0v) is 38.0. The van der Waals surface area contributed by atoms with Gasteiger partial charge in [0.1, 0.15) is 0 Å². The molecular formula is C54H66N2P2. The second kappa shape index (κ2) is 13.9. The van der Waals surface area contributed by atoms with E-state index in [-0.39, 0.29) is 18.8 Å². The van der Waals surface area contributed by atoms with Crippen LogP contribution in [0.25, 0.3) is 21.8 Å². The second-order valence-corrected chi connectivity index (χ2v) is 28.0. The Balaban J connectivity index is 1.09. The molecule has 8 saturated carbocycles. The monoisotopic (exact) mass is 804 g/mol. The van der Waals surface area contributed by atoms with E-state index in [0.717, 1.165) is 52.7 Å². The van der Waals surface area contributed by atoms with Gasteiger partial charge in [-0.15, -0.1) is 0 Å². The Morgan fingerprint density at radius 1 is 0.483 bits per heavy atom. The Morgan fingerprint density at radius 2 is 0.845 bits per heavy atom. The third-order valence-corrected chi connectivity index (χ3v) is 22.8. The second-order valence-electron chi connectivity index (χ2n) is 22.8. The zero-order valence-electron chi connectivity index (χ0n) is 36.2. The first-order valence-electron chi connectivity index (χ1n) is 23.2. The highest BCUT2D eigenvalue weighted by Gasteiger charge is 2.62. The normalized spacial score (nSPS) is 31.8. The Bertz CT molecular complexity index is 2190. The van der Waals surface area contributed by atoms with Crippen LogP contribution in [0.15, 0.2) is 84.9 Å². The van der Waals surface area contributed by atoms with Crippen molar-refractivity contribution in [2.75, 3.05) is 0 Å². The number of pyridine rings is 2. The minimum absolute atomic E-state index is 0.0473. The van der Waals surface area contributed by atoms with Gasteiger partial charge < -0.3 is 0 Å². The van der Waals surface area contributed by atoms with Crippen LogP contribution >= 0.6 is 15.8 Å². The highest BCUT2D eigenvalue weighted by atomic mass is 31.1. The zero-order chi connectivity index (χ0) is 39.6. The standard InChI is InChI=1S/C54H66N2P2/c1-51(2,3)45-25-43(33-57(49-17-15-41-11-7-9-13-47(41)55-49)50-18-16-42-12-8-10-14-48(42)56-50)44(26-46(45)52(4,5)6)34-58(53-27-35-19-36(28-53)21-37(20-35)29-53)54-30-38-22-39(31-54)24-40(23-38)32-54/h7-18,25-26,35-40H,19-24,27-34H2,1-6H3. The summed E-state index contributed by atoms with van der Waals surface area (Å²) in [6.45, 7) is 14.8. The number of rotatable bonds is 8. The molecule has 2 aromatic heterocycles. The van der Waals surface area contributed by atoms with Crippen molar-refractivity contribution in [3.63, 3.8) is 0 Å². The lowest BCUT2D eigenvalue weighted by Gasteiger charge is -2.67. The molecule has 0 aliphatic heterocycles. The van der Waals surface area contributed by atoms with Crippen LogP contribution in [0.1, 0.15) is 141 Å². The predicted molar refractivity (Wildman–Crippen MR) is 250 cm³/mol. The Kier molecular flexibility index (Phi) is 9.19. The average Bonchev–Trinajstić information content (AvgIpc) is 3.17. The number of benzene rings is 3. The maximum absolute atomic E-state index is 5.49. The topological polar surface area (TPSA) is 25.8 Å². The molecule has 8 aliphatic rings. The van der Waals surface area contributed by atoms with Gasteiger partial charge in [0, 0.05) is 24.9 Å². The molecule has 302 valence electrons. The molecule has 2 nitrogen and oxygen atoms in total. The fraction of sp³-hybridized carbons (Fsp3) is 0.556. The number of hydrogen-bond acceptors (Lipinski definition) is 2. The Hall–Kier alpha value is -2.66. The lowest BCUT2D eigenvalue weighted by Crippen LogP contribution is -2.56. The highest BCUT2D eigenvalue weighted by molar-refractivity contribution is 7.71. The van der Waals surface area contributed by atoms with E-state index in [2.05, 4.69) is 126 Å².